The molecule has 3 heterocycles. The van der Waals surface area contributed by atoms with Crippen molar-refractivity contribution in [3.8, 4) is 0 Å². The molecule has 0 spiro atoms. The molecule has 9 nitrogen and oxygen atoms in total. The number of hydrogen-bond donors (Lipinski definition) is 0. The van der Waals surface area contributed by atoms with E-state index in [0.29, 0.717) is 31.4 Å². The summed E-state index contributed by atoms with van der Waals surface area (Å²) < 4.78 is 43.0. The Morgan fingerprint density at radius 3 is 2.32 bits per heavy atom. The molecule has 1 aromatic rings. The molecule has 2 aliphatic rings. The van der Waals surface area contributed by atoms with Crippen molar-refractivity contribution in [3.63, 3.8) is 0 Å². The largest absolute Gasteiger partial charge is 0.498 e. The van der Waals surface area contributed by atoms with Crippen LogP contribution >= 0.6 is 0 Å². The number of sulfone groups is 1. The Balaban J connectivity index is 1.52. The number of aromatic nitrogens is 2. The molecule has 0 radical (unpaired) electrons. The van der Waals surface area contributed by atoms with Gasteiger partial charge in [-0.05, 0) is 80.1 Å². The Morgan fingerprint density at radius 2 is 1.76 bits per heavy atom. The Labute approximate surface area is 204 Å². The van der Waals surface area contributed by atoms with Crippen molar-refractivity contribution in [3.05, 3.63) is 12.4 Å². The van der Waals surface area contributed by atoms with Crippen molar-refractivity contribution in [2.75, 3.05) is 18.8 Å². The zero-order chi connectivity index (χ0) is 25.4. The molecule has 1 atom stereocenters. The maximum Gasteiger partial charge on any atom is 0.498 e. The lowest BCUT2D eigenvalue weighted by Crippen LogP contribution is -2.42. The van der Waals surface area contributed by atoms with E-state index in [1.807, 2.05) is 48.5 Å². The van der Waals surface area contributed by atoms with E-state index in [1.54, 1.807) is 4.90 Å². The van der Waals surface area contributed by atoms with Crippen molar-refractivity contribution in [1.82, 2.24) is 14.9 Å². The molecule has 0 unspecified atom stereocenters. The lowest BCUT2D eigenvalue weighted by atomic mass is 9.81. The highest BCUT2D eigenvalue weighted by Crippen LogP contribution is 2.36. The van der Waals surface area contributed by atoms with Crippen LogP contribution < -0.4 is 5.46 Å². The monoisotopic (exact) mass is 495 g/mol. The number of likely N-dealkylation sites (tertiary alicyclic amines) is 1. The van der Waals surface area contributed by atoms with Gasteiger partial charge in [-0.2, -0.15) is 0 Å². The van der Waals surface area contributed by atoms with Crippen LogP contribution in [-0.2, 0) is 23.9 Å². The summed E-state index contributed by atoms with van der Waals surface area (Å²) in [4.78, 5) is 22.3. The fourth-order valence-corrected chi connectivity index (χ4v) is 5.19. The summed E-state index contributed by atoms with van der Waals surface area (Å²) in [5.41, 5.74) is -0.945. The topological polar surface area (TPSA) is 108 Å². The second-order valence-corrected chi connectivity index (χ2v) is 13.3. The molecule has 1 aromatic heterocycles. The van der Waals surface area contributed by atoms with Gasteiger partial charge in [0.2, 0.25) is 15.0 Å². The van der Waals surface area contributed by atoms with Crippen LogP contribution in [0, 0.1) is 5.92 Å². The molecular formula is C23H38BN3O6S. The first kappa shape index (κ1) is 26.9. The highest BCUT2D eigenvalue weighted by molar-refractivity contribution is 7.91. The van der Waals surface area contributed by atoms with E-state index in [2.05, 4.69) is 9.97 Å². The average molecular weight is 495 g/mol. The predicted molar refractivity (Wildman–Crippen MR) is 130 cm³/mol. The van der Waals surface area contributed by atoms with Gasteiger partial charge in [0.15, 0.2) is 0 Å². The summed E-state index contributed by atoms with van der Waals surface area (Å²) in [6.07, 6.45) is 5.67. The van der Waals surface area contributed by atoms with E-state index in [-0.39, 0.29) is 22.9 Å². The normalized spacial score (nSPS) is 22.6. The minimum absolute atomic E-state index is 0.0359. The van der Waals surface area contributed by atoms with Crippen LogP contribution in [-0.4, -0.2) is 72.1 Å². The number of carbonyl (C=O) groups is 1. The van der Waals surface area contributed by atoms with Gasteiger partial charge in [0.25, 0.3) is 0 Å². The first-order chi connectivity index (χ1) is 15.6. The molecule has 2 aliphatic heterocycles. The maximum absolute atomic E-state index is 12.8. The van der Waals surface area contributed by atoms with Crippen LogP contribution in [0.4, 0.5) is 4.79 Å². The SMILES string of the molecule is CC(C)(C)OC(=O)N1CCC[C@@H](CCCS(=O)(=O)c2ncc(B3OC(C)(C)C(C)(C)O3)cn2)C1. The molecule has 34 heavy (non-hydrogen) atoms. The molecule has 0 N–H and O–H groups in total. The molecule has 0 saturated carbocycles. The first-order valence-electron chi connectivity index (χ1n) is 12.0. The highest BCUT2D eigenvalue weighted by Gasteiger charge is 2.52. The number of hydrogen-bond acceptors (Lipinski definition) is 8. The van der Waals surface area contributed by atoms with Crippen LogP contribution in [0.25, 0.3) is 0 Å². The van der Waals surface area contributed by atoms with Crippen molar-refractivity contribution < 1.29 is 27.3 Å². The van der Waals surface area contributed by atoms with Gasteiger partial charge in [0.1, 0.15) is 5.60 Å². The number of amides is 1. The summed E-state index contributed by atoms with van der Waals surface area (Å²) in [5.74, 6) is 0.217. The Bertz CT molecular complexity index is 959. The number of piperidine rings is 1. The fraction of sp³-hybridized carbons (Fsp3) is 0.783. The number of rotatable bonds is 6. The van der Waals surface area contributed by atoms with Crippen LogP contribution in [0.2, 0.25) is 0 Å². The molecule has 0 aliphatic carbocycles. The lowest BCUT2D eigenvalue weighted by Gasteiger charge is -2.34. The van der Waals surface area contributed by atoms with Gasteiger partial charge >= 0.3 is 13.2 Å². The van der Waals surface area contributed by atoms with E-state index in [1.165, 1.54) is 12.4 Å². The minimum Gasteiger partial charge on any atom is -0.444 e. The van der Waals surface area contributed by atoms with Gasteiger partial charge in [-0.15, -0.1) is 0 Å². The van der Waals surface area contributed by atoms with Crippen LogP contribution in [0.15, 0.2) is 17.6 Å². The smallest absolute Gasteiger partial charge is 0.444 e. The molecule has 3 rings (SSSR count). The Morgan fingerprint density at radius 1 is 1.18 bits per heavy atom. The quantitative estimate of drug-likeness (QED) is 0.438. The van der Waals surface area contributed by atoms with Crippen molar-refractivity contribution in [2.45, 2.75) is 96.1 Å². The van der Waals surface area contributed by atoms with E-state index < -0.39 is 33.8 Å². The molecule has 190 valence electrons. The van der Waals surface area contributed by atoms with Crippen molar-refractivity contribution in [1.29, 1.82) is 0 Å². The Hall–Kier alpha value is -1.72. The zero-order valence-corrected chi connectivity index (χ0v) is 22.3. The van der Waals surface area contributed by atoms with Crippen LogP contribution in [0.1, 0.15) is 74.1 Å². The van der Waals surface area contributed by atoms with Crippen LogP contribution in [0.5, 0.6) is 0 Å². The first-order valence-corrected chi connectivity index (χ1v) is 13.6. The van der Waals surface area contributed by atoms with E-state index in [9.17, 15) is 13.2 Å². The number of carbonyl (C=O) groups excluding carboxylic acids is 1. The third-order valence-corrected chi connectivity index (χ3v) is 8.24. The lowest BCUT2D eigenvalue weighted by molar-refractivity contribution is 0.00578. The van der Waals surface area contributed by atoms with Gasteiger partial charge in [0.05, 0.1) is 17.0 Å². The summed E-state index contributed by atoms with van der Waals surface area (Å²) in [7, 11) is -4.25. The van der Waals surface area contributed by atoms with Gasteiger partial charge in [0, 0.05) is 30.9 Å². The molecule has 0 bridgehead atoms. The second kappa shape index (κ2) is 9.74. The molecule has 11 heteroatoms. The second-order valence-electron chi connectivity index (χ2n) is 11.3. The molecule has 0 aromatic carbocycles. The molecule has 1 amide bonds. The third kappa shape index (κ3) is 6.49. The van der Waals surface area contributed by atoms with Gasteiger partial charge < -0.3 is 18.9 Å². The maximum atomic E-state index is 12.8. The van der Waals surface area contributed by atoms with Gasteiger partial charge in [-0.25, -0.2) is 23.2 Å². The van der Waals surface area contributed by atoms with E-state index in [4.69, 9.17) is 14.0 Å². The standard InChI is InChI=1S/C23H38BN3O6S/c1-21(2,3)31-20(28)27-12-8-10-17(16-27)11-9-13-34(29,30)19-25-14-18(15-26-19)24-32-22(4,5)23(6,7)33-24/h14-15,17H,8-13,16H2,1-7H3/t17-/m0/s1. The van der Waals surface area contributed by atoms with Gasteiger partial charge in [-0.3, -0.25) is 0 Å². The Kier molecular flexibility index (Phi) is 7.70. The van der Waals surface area contributed by atoms with Crippen molar-refractivity contribution in [2.24, 2.45) is 5.92 Å². The summed E-state index contributed by atoms with van der Waals surface area (Å²) >= 11 is 0. The average Bonchev–Trinajstić information content (AvgIpc) is 2.94. The fourth-order valence-electron chi connectivity index (χ4n) is 4.03. The zero-order valence-electron chi connectivity index (χ0n) is 21.5. The van der Waals surface area contributed by atoms with E-state index >= 15 is 0 Å². The summed E-state index contributed by atoms with van der Waals surface area (Å²) in [6.45, 7) is 14.6. The highest BCUT2D eigenvalue weighted by atomic mass is 32.2. The molecular weight excluding hydrogens is 457 g/mol. The third-order valence-electron chi connectivity index (χ3n) is 6.65. The number of nitrogens with zero attached hydrogens (tertiary/aromatic N) is 3. The summed E-state index contributed by atoms with van der Waals surface area (Å²) in [5, 5.41) is -0.188. The molecule has 2 saturated heterocycles. The van der Waals surface area contributed by atoms with Gasteiger partial charge in [-0.1, -0.05) is 0 Å². The van der Waals surface area contributed by atoms with Crippen molar-refractivity contribution >= 4 is 28.5 Å². The van der Waals surface area contributed by atoms with Crippen LogP contribution in [0.3, 0.4) is 0 Å². The van der Waals surface area contributed by atoms with E-state index in [0.717, 1.165) is 12.8 Å². The summed E-state index contributed by atoms with van der Waals surface area (Å²) in [6, 6.07) is 0. The number of ether oxygens (including phenoxy) is 1. The minimum atomic E-state index is -3.61. The molecule has 2 fully saturated rings. The predicted octanol–water partition coefficient (Wildman–Crippen LogP) is 2.98.